The third kappa shape index (κ3) is 1.96. The number of aromatic amines is 1. The van der Waals surface area contributed by atoms with Gasteiger partial charge in [0.1, 0.15) is 6.04 Å². The molecule has 3 rings (SSSR count). The number of nitriles is 1. The highest BCUT2D eigenvalue weighted by molar-refractivity contribution is 6.05. The maximum absolute atomic E-state index is 12.6. The number of carbonyl (C=O) groups is 1. The number of nitrogens with one attached hydrogen (secondary N) is 1. The Morgan fingerprint density at radius 3 is 3.21 bits per heavy atom. The summed E-state index contributed by atoms with van der Waals surface area (Å²) in [5.74, 6) is -0.122. The number of morpholine rings is 1. The summed E-state index contributed by atoms with van der Waals surface area (Å²) in [6, 6.07) is 9.12. The molecule has 5 heteroatoms. The van der Waals surface area contributed by atoms with Crippen LogP contribution in [0.15, 0.2) is 30.5 Å². The third-order valence-corrected chi connectivity index (χ3v) is 3.36. The van der Waals surface area contributed by atoms with Crippen LogP contribution in [0.3, 0.4) is 0 Å². The minimum Gasteiger partial charge on any atom is -0.376 e. The van der Waals surface area contributed by atoms with E-state index in [-0.39, 0.29) is 12.5 Å². The van der Waals surface area contributed by atoms with Crippen molar-refractivity contribution in [1.82, 2.24) is 9.88 Å². The van der Waals surface area contributed by atoms with Gasteiger partial charge in [0.05, 0.1) is 30.4 Å². The van der Waals surface area contributed by atoms with Crippen LogP contribution in [0, 0.1) is 11.3 Å². The largest absolute Gasteiger partial charge is 0.376 e. The summed E-state index contributed by atoms with van der Waals surface area (Å²) in [6.07, 6.45) is 1.81. The number of carbonyl (C=O) groups excluding carboxylic acids is 1. The van der Waals surface area contributed by atoms with E-state index in [0.717, 1.165) is 10.9 Å². The molecule has 0 bridgehead atoms. The number of hydrogen-bond acceptors (Lipinski definition) is 3. The second-order valence-electron chi connectivity index (χ2n) is 4.47. The van der Waals surface area contributed by atoms with Crippen LogP contribution in [0.5, 0.6) is 0 Å². The van der Waals surface area contributed by atoms with E-state index in [1.54, 1.807) is 11.0 Å². The molecule has 96 valence electrons. The van der Waals surface area contributed by atoms with Crippen LogP contribution in [-0.4, -0.2) is 41.6 Å². The van der Waals surface area contributed by atoms with Gasteiger partial charge in [-0.1, -0.05) is 12.1 Å². The monoisotopic (exact) mass is 255 g/mol. The van der Waals surface area contributed by atoms with Crippen LogP contribution < -0.4 is 0 Å². The maximum Gasteiger partial charge on any atom is 0.257 e. The molecule has 2 heterocycles. The molecular formula is C14H13N3O2. The van der Waals surface area contributed by atoms with Crippen molar-refractivity contribution in [3.05, 3.63) is 36.0 Å². The first-order chi connectivity index (χ1) is 9.31. The molecule has 1 aromatic heterocycles. The molecule has 19 heavy (non-hydrogen) atoms. The van der Waals surface area contributed by atoms with Gasteiger partial charge in [-0.3, -0.25) is 4.79 Å². The van der Waals surface area contributed by atoms with E-state index in [1.807, 2.05) is 24.4 Å². The first kappa shape index (κ1) is 11.8. The van der Waals surface area contributed by atoms with Crippen molar-refractivity contribution in [3.63, 3.8) is 0 Å². The molecule has 0 saturated carbocycles. The topological polar surface area (TPSA) is 69.1 Å². The Labute approximate surface area is 110 Å². The Morgan fingerprint density at radius 2 is 2.37 bits per heavy atom. The van der Waals surface area contributed by atoms with Gasteiger partial charge in [0, 0.05) is 18.1 Å². The molecule has 1 saturated heterocycles. The summed E-state index contributed by atoms with van der Waals surface area (Å²) in [5.41, 5.74) is 1.42. The smallest absolute Gasteiger partial charge is 0.257 e. The van der Waals surface area contributed by atoms with Crippen LogP contribution in [0.2, 0.25) is 0 Å². The molecule has 0 radical (unpaired) electrons. The molecule has 1 amide bonds. The summed E-state index contributed by atoms with van der Waals surface area (Å²) in [5, 5.41) is 10.1. The quantitative estimate of drug-likeness (QED) is 0.840. The molecule has 0 unspecified atom stereocenters. The zero-order valence-electron chi connectivity index (χ0n) is 10.3. The summed E-state index contributed by atoms with van der Waals surface area (Å²) in [6.45, 7) is 1.21. The molecule has 1 aromatic carbocycles. The number of para-hydroxylation sites is 1. The van der Waals surface area contributed by atoms with Gasteiger partial charge in [0.25, 0.3) is 5.91 Å². The lowest BCUT2D eigenvalue weighted by Gasteiger charge is -2.31. The lowest BCUT2D eigenvalue weighted by molar-refractivity contribution is 0.0133. The Kier molecular flexibility index (Phi) is 2.94. The second-order valence-corrected chi connectivity index (χ2v) is 4.47. The summed E-state index contributed by atoms with van der Waals surface area (Å²) in [4.78, 5) is 17.2. The number of fused-ring (bicyclic) bond motifs is 1. The molecule has 0 spiro atoms. The van der Waals surface area contributed by atoms with Crippen molar-refractivity contribution in [2.45, 2.75) is 6.04 Å². The molecule has 1 N–H and O–H groups in total. The third-order valence-electron chi connectivity index (χ3n) is 3.36. The van der Waals surface area contributed by atoms with Crippen molar-refractivity contribution in [3.8, 4) is 6.07 Å². The fourth-order valence-corrected chi connectivity index (χ4v) is 2.37. The van der Waals surface area contributed by atoms with E-state index in [9.17, 15) is 4.79 Å². The first-order valence-corrected chi connectivity index (χ1v) is 6.15. The van der Waals surface area contributed by atoms with E-state index >= 15 is 0 Å². The number of benzene rings is 1. The van der Waals surface area contributed by atoms with Gasteiger partial charge < -0.3 is 14.6 Å². The highest BCUT2D eigenvalue weighted by Gasteiger charge is 2.28. The van der Waals surface area contributed by atoms with Crippen molar-refractivity contribution < 1.29 is 9.53 Å². The number of rotatable bonds is 1. The molecule has 1 aliphatic rings. The molecule has 1 fully saturated rings. The van der Waals surface area contributed by atoms with Gasteiger partial charge in [-0.15, -0.1) is 0 Å². The summed E-state index contributed by atoms with van der Waals surface area (Å²) < 4.78 is 5.24. The van der Waals surface area contributed by atoms with Gasteiger partial charge in [-0.25, -0.2) is 0 Å². The number of H-pyrrole nitrogens is 1. The number of amides is 1. The number of nitrogens with zero attached hydrogens (tertiary/aromatic N) is 2. The minimum absolute atomic E-state index is 0.122. The number of aromatic nitrogens is 1. The second kappa shape index (κ2) is 4.75. The Bertz CT molecular complexity index is 656. The lowest BCUT2D eigenvalue weighted by atomic mass is 10.1. The fourth-order valence-electron chi connectivity index (χ4n) is 2.37. The molecule has 0 aliphatic carbocycles. The van der Waals surface area contributed by atoms with Gasteiger partial charge >= 0.3 is 0 Å². The fraction of sp³-hybridized carbons (Fsp3) is 0.286. The Hall–Kier alpha value is -2.32. The summed E-state index contributed by atoms with van der Waals surface area (Å²) >= 11 is 0. The Balaban J connectivity index is 1.99. The van der Waals surface area contributed by atoms with Crippen LogP contribution in [0.4, 0.5) is 0 Å². The van der Waals surface area contributed by atoms with E-state index in [1.165, 1.54) is 0 Å². The van der Waals surface area contributed by atoms with Gasteiger partial charge in [0.15, 0.2) is 0 Å². The average molecular weight is 255 g/mol. The lowest BCUT2D eigenvalue weighted by Crippen LogP contribution is -2.48. The molecule has 1 atom stereocenters. The molecule has 5 nitrogen and oxygen atoms in total. The predicted octanol–water partition coefficient (Wildman–Crippen LogP) is 1.53. The molecular weight excluding hydrogens is 242 g/mol. The highest BCUT2D eigenvalue weighted by Crippen LogP contribution is 2.20. The van der Waals surface area contributed by atoms with Crippen molar-refractivity contribution in [2.75, 3.05) is 19.8 Å². The van der Waals surface area contributed by atoms with Crippen LogP contribution in [0.1, 0.15) is 10.4 Å². The van der Waals surface area contributed by atoms with E-state index < -0.39 is 6.04 Å². The van der Waals surface area contributed by atoms with E-state index in [4.69, 9.17) is 10.00 Å². The Morgan fingerprint density at radius 1 is 1.47 bits per heavy atom. The predicted molar refractivity (Wildman–Crippen MR) is 69.6 cm³/mol. The average Bonchev–Trinajstić information content (AvgIpc) is 2.94. The normalized spacial score (nSPS) is 19.3. The van der Waals surface area contributed by atoms with Gasteiger partial charge in [-0.2, -0.15) is 5.26 Å². The van der Waals surface area contributed by atoms with E-state index in [2.05, 4.69) is 11.1 Å². The highest BCUT2D eigenvalue weighted by atomic mass is 16.5. The van der Waals surface area contributed by atoms with Crippen LogP contribution >= 0.6 is 0 Å². The standard InChI is InChI=1S/C14H13N3O2/c15-8-11-9-19-7-6-17(11)14(18)12-3-1-2-10-4-5-16-13(10)12/h1-5,11,16H,6-7,9H2/t11-/m1/s1. The first-order valence-electron chi connectivity index (χ1n) is 6.15. The van der Waals surface area contributed by atoms with Crippen LogP contribution in [-0.2, 0) is 4.74 Å². The van der Waals surface area contributed by atoms with E-state index in [0.29, 0.717) is 18.7 Å². The number of hydrogen-bond donors (Lipinski definition) is 1. The molecule has 1 aliphatic heterocycles. The summed E-state index contributed by atoms with van der Waals surface area (Å²) in [7, 11) is 0. The zero-order valence-corrected chi connectivity index (χ0v) is 10.3. The SMILES string of the molecule is N#C[C@@H]1COCCN1C(=O)c1cccc2cc[nH]c12. The van der Waals surface area contributed by atoms with Crippen molar-refractivity contribution in [2.24, 2.45) is 0 Å². The van der Waals surface area contributed by atoms with Gasteiger partial charge in [0.2, 0.25) is 0 Å². The maximum atomic E-state index is 12.6. The van der Waals surface area contributed by atoms with Crippen molar-refractivity contribution in [1.29, 1.82) is 5.26 Å². The number of ether oxygens (including phenoxy) is 1. The van der Waals surface area contributed by atoms with Crippen molar-refractivity contribution >= 4 is 16.8 Å². The minimum atomic E-state index is -0.508. The molecule has 2 aromatic rings. The zero-order chi connectivity index (χ0) is 13.2. The van der Waals surface area contributed by atoms with Crippen LogP contribution in [0.25, 0.3) is 10.9 Å². The van der Waals surface area contributed by atoms with Gasteiger partial charge in [-0.05, 0) is 12.1 Å².